The molecule has 0 unspecified atom stereocenters. The minimum atomic E-state index is 0.270. The molecule has 0 N–H and O–H groups in total. The summed E-state index contributed by atoms with van der Waals surface area (Å²) in [6.07, 6.45) is 3.32. The van der Waals surface area contributed by atoms with Crippen LogP contribution in [0.25, 0.3) is 26.4 Å². The lowest BCUT2D eigenvalue weighted by Gasteiger charge is -2.38. The van der Waals surface area contributed by atoms with Crippen molar-refractivity contribution in [3.8, 4) is 22.8 Å². The predicted molar refractivity (Wildman–Crippen MR) is 138 cm³/mol. The van der Waals surface area contributed by atoms with Gasteiger partial charge in [0, 0.05) is 44.2 Å². The van der Waals surface area contributed by atoms with Crippen molar-refractivity contribution >= 4 is 32.4 Å². The number of hydrogen-bond donors (Lipinski definition) is 0. The first-order valence-corrected chi connectivity index (χ1v) is 13.1. The number of fused-ring (bicyclic) bond motifs is 3. The molecule has 2 fully saturated rings. The van der Waals surface area contributed by atoms with Gasteiger partial charge in [-0.25, -0.2) is 4.98 Å². The summed E-state index contributed by atoms with van der Waals surface area (Å²) in [5.41, 5.74) is 4.41. The SMILES string of the molecule is COc1ccc(-c2nc3sc4cc(OC)ccc4n3c2CN2CCN(C(=O)C3CCC3)CC2)cc1. The van der Waals surface area contributed by atoms with Crippen molar-refractivity contribution < 1.29 is 14.3 Å². The van der Waals surface area contributed by atoms with Gasteiger partial charge in [0.15, 0.2) is 4.96 Å². The number of nitrogens with zero attached hydrogens (tertiary/aromatic N) is 4. The normalized spacial score (nSPS) is 17.1. The van der Waals surface area contributed by atoms with Crippen LogP contribution in [0, 0.1) is 5.92 Å². The smallest absolute Gasteiger partial charge is 0.225 e. The number of benzene rings is 2. The Morgan fingerprint density at radius 1 is 1.00 bits per heavy atom. The molecule has 1 saturated heterocycles. The molecule has 0 atom stereocenters. The molecule has 0 spiro atoms. The molecule has 6 rings (SSSR count). The fraction of sp³-hybridized carbons (Fsp3) is 0.407. The third kappa shape index (κ3) is 4.04. The summed E-state index contributed by atoms with van der Waals surface area (Å²) in [4.78, 5) is 23.3. The zero-order valence-corrected chi connectivity index (χ0v) is 21.0. The van der Waals surface area contributed by atoms with Crippen LogP contribution in [0.1, 0.15) is 25.0 Å². The van der Waals surface area contributed by atoms with Gasteiger partial charge in [0.1, 0.15) is 11.5 Å². The van der Waals surface area contributed by atoms with E-state index < -0.39 is 0 Å². The number of carbonyl (C=O) groups excluding carboxylic acids is 1. The fourth-order valence-electron chi connectivity index (χ4n) is 5.11. The first kappa shape index (κ1) is 22.4. The zero-order valence-electron chi connectivity index (χ0n) is 20.2. The Bertz CT molecular complexity index is 1360. The van der Waals surface area contributed by atoms with Crippen LogP contribution in [0.4, 0.5) is 0 Å². The van der Waals surface area contributed by atoms with E-state index in [1.54, 1.807) is 25.6 Å². The minimum absolute atomic E-state index is 0.270. The molecule has 182 valence electrons. The van der Waals surface area contributed by atoms with E-state index in [4.69, 9.17) is 14.5 Å². The molecule has 0 radical (unpaired) electrons. The van der Waals surface area contributed by atoms with Gasteiger partial charge in [0.05, 0.1) is 35.8 Å². The average Bonchev–Trinajstić information content (AvgIpc) is 3.39. The van der Waals surface area contributed by atoms with Crippen molar-refractivity contribution in [3.05, 3.63) is 48.2 Å². The lowest BCUT2D eigenvalue weighted by molar-refractivity contribution is -0.140. The third-order valence-corrected chi connectivity index (χ3v) is 8.43. The number of methoxy groups -OCH3 is 2. The van der Waals surface area contributed by atoms with Crippen molar-refractivity contribution in [2.75, 3.05) is 40.4 Å². The number of hydrogen-bond acceptors (Lipinski definition) is 6. The summed E-state index contributed by atoms with van der Waals surface area (Å²) < 4.78 is 14.3. The van der Waals surface area contributed by atoms with Gasteiger partial charge in [-0.15, -0.1) is 0 Å². The van der Waals surface area contributed by atoms with Gasteiger partial charge in [0.25, 0.3) is 0 Å². The summed E-state index contributed by atoms with van der Waals surface area (Å²) in [6, 6.07) is 14.3. The van der Waals surface area contributed by atoms with Gasteiger partial charge >= 0.3 is 0 Å². The van der Waals surface area contributed by atoms with E-state index in [0.717, 1.165) is 83.5 Å². The number of piperazine rings is 1. The van der Waals surface area contributed by atoms with Crippen LogP contribution >= 0.6 is 11.3 Å². The molecule has 3 heterocycles. The summed E-state index contributed by atoms with van der Waals surface area (Å²) in [5, 5.41) is 0. The quantitative estimate of drug-likeness (QED) is 0.393. The van der Waals surface area contributed by atoms with Gasteiger partial charge in [-0.1, -0.05) is 17.8 Å². The number of ether oxygens (including phenoxy) is 2. The largest absolute Gasteiger partial charge is 0.497 e. The van der Waals surface area contributed by atoms with Crippen LogP contribution in [-0.4, -0.2) is 65.5 Å². The second-order valence-electron chi connectivity index (χ2n) is 9.42. The van der Waals surface area contributed by atoms with Gasteiger partial charge in [-0.05, 0) is 55.3 Å². The van der Waals surface area contributed by atoms with E-state index in [2.05, 4.69) is 38.5 Å². The van der Waals surface area contributed by atoms with E-state index in [-0.39, 0.29) is 5.92 Å². The van der Waals surface area contributed by atoms with Crippen molar-refractivity contribution in [3.63, 3.8) is 0 Å². The summed E-state index contributed by atoms with van der Waals surface area (Å²) in [5.74, 6) is 2.32. The molecule has 0 bridgehead atoms. The maximum absolute atomic E-state index is 12.7. The molecule has 1 aliphatic carbocycles. The lowest BCUT2D eigenvalue weighted by atomic mass is 9.84. The Morgan fingerprint density at radius 2 is 1.71 bits per heavy atom. The number of amides is 1. The molecule has 1 saturated carbocycles. The van der Waals surface area contributed by atoms with Gasteiger partial charge in [-0.3, -0.25) is 14.1 Å². The fourth-order valence-corrected chi connectivity index (χ4v) is 6.18. The van der Waals surface area contributed by atoms with Gasteiger partial charge in [-0.2, -0.15) is 0 Å². The molecule has 1 aliphatic heterocycles. The van der Waals surface area contributed by atoms with Crippen LogP contribution < -0.4 is 9.47 Å². The Morgan fingerprint density at radius 3 is 2.37 bits per heavy atom. The Balaban J connectivity index is 1.33. The molecule has 2 aromatic heterocycles. The average molecular weight is 491 g/mol. The monoisotopic (exact) mass is 490 g/mol. The number of thiazole rings is 1. The Hall–Kier alpha value is -3.10. The molecule has 4 aromatic rings. The molecule has 2 aromatic carbocycles. The molecule has 35 heavy (non-hydrogen) atoms. The Kier molecular flexibility index (Phi) is 5.86. The molecule has 1 amide bonds. The van der Waals surface area contributed by atoms with Crippen LogP contribution in [0.3, 0.4) is 0 Å². The second kappa shape index (κ2) is 9.17. The highest BCUT2D eigenvalue weighted by Gasteiger charge is 2.31. The number of aromatic nitrogens is 2. The molecule has 8 heteroatoms. The summed E-state index contributed by atoms with van der Waals surface area (Å²) in [6.45, 7) is 4.15. The van der Waals surface area contributed by atoms with Crippen LogP contribution in [0.2, 0.25) is 0 Å². The van der Waals surface area contributed by atoms with Crippen molar-refractivity contribution in [2.24, 2.45) is 5.92 Å². The van der Waals surface area contributed by atoms with Crippen LogP contribution in [-0.2, 0) is 11.3 Å². The highest BCUT2D eigenvalue weighted by Crippen LogP contribution is 2.36. The van der Waals surface area contributed by atoms with E-state index in [9.17, 15) is 4.79 Å². The second-order valence-corrected chi connectivity index (χ2v) is 10.4. The van der Waals surface area contributed by atoms with E-state index in [1.807, 2.05) is 18.2 Å². The number of rotatable bonds is 6. The Labute approximate surface area is 208 Å². The third-order valence-electron chi connectivity index (χ3n) is 7.43. The van der Waals surface area contributed by atoms with Crippen molar-refractivity contribution in [1.29, 1.82) is 0 Å². The first-order valence-electron chi connectivity index (χ1n) is 12.3. The molecular formula is C27H30N4O3S. The minimum Gasteiger partial charge on any atom is -0.497 e. The standard InChI is InChI=1S/C27H30N4O3S/c1-33-20-8-6-18(7-9-20)25-23(17-29-12-14-30(15-13-29)26(32)19-4-3-5-19)31-22-11-10-21(34-2)16-24(22)35-27(31)28-25/h6-11,16,19H,3-5,12-15,17H2,1-2H3. The predicted octanol–water partition coefficient (Wildman–Crippen LogP) is 4.68. The van der Waals surface area contributed by atoms with E-state index in [0.29, 0.717) is 5.91 Å². The summed E-state index contributed by atoms with van der Waals surface area (Å²) in [7, 11) is 3.38. The molecule has 7 nitrogen and oxygen atoms in total. The number of carbonyl (C=O) groups is 1. The maximum atomic E-state index is 12.7. The maximum Gasteiger partial charge on any atom is 0.225 e. The van der Waals surface area contributed by atoms with Crippen LogP contribution in [0.5, 0.6) is 11.5 Å². The summed E-state index contributed by atoms with van der Waals surface area (Å²) >= 11 is 1.68. The van der Waals surface area contributed by atoms with E-state index >= 15 is 0 Å². The van der Waals surface area contributed by atoms with Crippen molar-refractivity contribution in [2.45, 2.75) is 25.8 Å². The van der Waals surface area contributed by atoms with Gasteiger partial charge in [0.2, 0.25) is 5.91 Å². The topological polar surface area (TPSA) is 59.3 Å². The number of imidazole rings is 1. The lowest BCUT2D eigenvalue weighted by Crippen LogP contribution is -2.50. The highest BCUT2D eigenvalue weighted by molar-refractivity contribution is 7.23. The molecular weight excluding hydrogens is 460 g/mol. The van der Waals surface area contributed by atoms with E-state index in [1.165, 1.54) is 12.1 Å². The first-order chi connectivity index (χ1) is 17.1. The van der Waals surface area contributed by atoms with Crippen molar-refractivity contribution in [1.82, 2.24) is 19.2 Å². The highest BCUT2D eigenvalue weighted by atomic mass is 32.1. The van der Waals surface area contributed by atoms with Gasteiger partial charge < -0.3 is 14.4 Å². The molecule has 2 aliphatic rings. The van der Waals surface area contributed by atoms with Crippen LogP contribution in [0.15, 0.2) is 42.5 Å². The zero-order chi connectivity index (χ0) is 23.9.